The van der Waals surface area contributed by atoms with E-state index in [1.807, 2.05) is 27.2 Å². The van der Waals surface area contributed by atoms with Crippen molar-refractivity contribution >= 4 is 0 Å². The fraction of sp³-hybridized carbons (Fsp3) is 0.833. The Morgan fingerprint density at radius 1 is 1.38 bits per heavy atom. The molecule has 0 aromatic heterocycles. The molecular formula is C12H23NO3. The van der Waals surface area contributed by atoms with Gasteiger partial charge in [-0.15, -0.1) is 0 Å². The molecule has 0 aromatic rings. The van der Waals surface area contributed by atoms with Gasteiger partial charge in [0.25, 0.3) is 0 Å². The second-order valence-electron chi connectivity index (χ2n) is 3.71. The third-order valence-electron chi connectivity index (χ3n) is 2.61. The molecule has 16 heavy (non-hydrogen) atoms. The van der Waals surface area contributed by atoms with Crippen LogP contribution in [0.25, 0.3) is 0 Å². The van der Waals surface area contributed by atoms with Crippen LogP contribution in [0.3, 0.4) is 0 Å². The van der Waals surface area contributed by atoms with Crippen molar-refractivity contribution in [3.8, 4) is 0 Å². The van der Waals surface area contributed by atoms with Gasteiger partial charge in [0.2, 0.25) is 0 Å². The highest BCUT2D eigenvalue weighted by atomic mass is 16.7. The summed E-state index contributed by atoms with van der Waals surface area (Å²) < 4.78 is 16.6. The molecule has 0 saturated carbocycles. The molecule has 0 bridgehead atoms. The van der Waals surface area contributed by atoms with E-state index in [0.717, 1.165) is 19.4 Å². The standard InChI is InChI=1S/C12H23NO3/c1-4-15-12(16-5-2)11(13-3)10-7-6-8-14-9-10/h9,11-13H,4-8H2,1-3H3. The molecule has 1 atom stereocenters. The van der Waals surface area contributed by atoms with Crippen molar-refractivity contribution < 1.29 is 14.2 Å². The lowest BCUT2D eigenvalue weighted by Crippen LogP contribution is -2.43. The molecule has 4 heteroatoms. The van der Waals surface area contributed by atoms with Crippen LogP contribution in [0, 0.1) is 0 Å². The Morgan fingerprint density at radius 2 is 2.06 bits per heavy atom. The number of ether oxygens (including phenoxy) is 3. The number of hydrogen-bond acceptors (Lipinski definition) is 4. The van der Waals surface area contributed by atoms with Crippen molar-refractivity contribution in [2.75, 3.05) is 26.9 Å². The second kappa shape index (κ2) is 7.65. The molecule has 0 fully saturated rings. The highest BCUT2D eigenvalue weighted by molar-refractivity contribution is 5.11. The van der Waals surface area contributed by atoms with Gasteiger partial charge < -0.3 is 19.5 Å². The van der Waals surface area contributed by atoms with Crippen molar-refractivity contribution in [2.45, 2.75) is 39.0 Å². The first-order chi connectivity index (χ1) is 7.83. The van der Waals surface area contributed by atoms with E-state index in [1.165, 1.54) is 5.57 Å². The number of rotatable bonds is 7. The molecule has 0 amide bonds. The van der Waals surface area contributed by atoms with Crippen LogP contribution in [-0.4, -0.2) is 39.2 Å². The van der Waals surface area contributed by atoms with Gasteiger partial charge in [-0.25, -0.2) is 0 Å². The summed E-state index contributed by atoms with van der Waals surface area (Å²) >= 11 is 0. The Morgan fingerprint density at radius 3 is 2.50 bits per heavy atom. The van der Waals surface area contributed by atoms with Crippen molar-refractivity contribution in [1.82, 2.24) is 5.32 Å². The summed E-state index contributed by atoms with van der Waals surface area (Å²) in [6, 6.07) is 0.0835. The minimum absolute atomic E-state index is 0.0835. The summed E-state index contributed by atoms with van der Waals surface area (Å²) in [6.07, 6.45) is 3.72. The average molecular weight is 229 g/mol. The Kier molecular flexibility index (Phi) is 6.45. The molecule has 1 N–H and O–H groups in total. The Balaban J connectivity index is 2.64. The first-order valence-electron chi connectivity index (χ1n) is 6.04. The number of hydrogen-bond donors (Lipinski definition) is 1. The van der Waals surface area contributed by atoms with E-state index in [1.54, 1.807) is 0 Å². The van der Waals surface area contributed by atoms with Gasteiger partial charge in [0, 0.05) is 13.2 Å². The molecule has 0 radical (unpaired) electrons. The van der Waals surface area contributed by atoms with Crippen molar-refractivity contribution in [1.29, 1.82) is 0 Å². The maximum absolute atomic E-state index is 5.61. The lowest BCUT2D eigenvalue weighted by molar-refractivity contribution is -0.147. The predicted octanol–water partition coefficient (Wildman–Crippen LogP) is 1.67. The normalized spacial score (nSPS) is 18.1. The minimum Gasteiger partial charge on any atom is -0.501 e. The van der Waals surface area contributed by atoms with E-state index >= 15 is 0 Å². The maximum atomic E-state index is 5.61. The van der Waals surface area contributed by atoms with E-state index in [2.05, 4.69) is 5.32 Å². The minimum atomic E-state index is -0.229. The summed E-state index contributed by atoms with van der Waals surface area (Å²) in [7, 11) is 1.92. The maximum Gasteiger partial charge on any atom is 0.176 e. The fourth-order valence-corrected chi connectivity index (χ4v) is 1.88. The number of likely N-dealkylation sites (N-methyl/N-ethyl adjacent to an activating group) is 1. The smallest absolute Gasteiger partial charge is 0.176 e. The molecule has 1 rings (SSSR count). The van der Waals surface area contributed by atoms with Crippen LogP contribution >= 0.6 is 0 Å². The first-order valence-corrected chi connectivity index (χ1v) is 6.04. The zero-order chi connectivity index (χ0) is 11.8. The first kappa shape index (κ1) is 13.5. The molecule has 1 aliphatic heterocycles. The molecule has 0 aromatic carbocycles. The summed E-state index contributed by atoms with van der Waals surface area (Å²) in [5.41, 5.74) is 1.22. The molecule has 94 valence electrons. The van der Waals surface area contributed by atoms with Crippen LogP contribution in [-0.2, 0) is 14.2 Å². The van der Waals surface area contributed by atoms with E-state index in [0.29, 0.717) is 13.2 Å². The molecule has 1 unspecified atom stereocenters. The molecule has 0 saturated heterocycles. The fourth-order valence-electron chi connectivity index (χ4n) is 1.88. The summed E-state index contributed by atoms with van der Waals surface area (Å²) in [6.45, 7) is 6.07. The monoisotopic (exact) mass is 229 g/mol. The Hall–Kier alpha value is -0.580. The van der Waals surface area contributed by atoms with Gasteiger partial charge in [-0.05, 0) is 39.3 Å². The zero-order valence-electron chi connectivity index (χ0n) is 10.5. The van der Waals surface area contributed by atoms with Gasteiger partial charge in [-0.3, -0.25) is 0 Å². The average Bonchev–Trinajstić information content (AvgIpc) is 2.32. The lowest BCUT2D eigenvalue weighted by atomic mass is 10.0. The highest BCUT2D eigenvalue weighted by Crippen LogP contribution is 2.20. The van der Waals surface area contributed by atoms with Gasteiger partial charge in [-0.2, -0.15) is 0 Å². The van der Waals surface area contributed by atoms with E-state index in [-0.39, 0.29) is 12.3 Å². The van der Waals surface area contributed by atoms with Gasteiger partial charge in [-0.1, -0.05) is 0 Å². The summed E-state index contributed by atoms with van der Waals surface area (Å²) in [5, 5.41) is 3.24. The second-order valence-corrected chi connectivity index (χ2v) is 3.71. The summed E-state index contributed by atoms with van der Waals surface area (Å²) in [4.78, 5) is 0. The van der Waals surface area contributed by atoms with Crippen LogP contribution in [0.1, 0.15) is 26.7 Å². The number of nitrogens with one attached hydrogen (secondary N) is 1. The molecule has 1 heterocycles. The Bertz CT molecular complexity index is 212. The predicted molar refractivity (Wildman–Crippen MR) is 63.2 cm³/mol. The van der Waals surface area contributed by atoms with Crippen molar-refractivity contribution in [3.63, 3.8) is 0 Å². The molecule has 4 nitrogen and oxygen atoms in total. The molecule has 0 spiro atoms. The van der Waals surface area contributed by atoms with E-state index < -0.39 is 0 Å². The molecular weight excluding hydrogens is 206 g/mol. The lowest BCUT2D eigenvalue weighted by Gasteiger charge is -2.29. The van der Waals surface area contributed by atoms with Gasteiger partial charge in [0.15, 0.2) is 6.29 Å². The summed E-state index contributed by atoms with van der Waals surface area (Å²) in [5.74, 6) is 0. The largest absolute Gasteiger partial charge is 0.501 e. The van der Waals surface area contributed by atoms with Crippen molar-refractivity contribution in [3.05, 3.63) is 11.8 Å². The van der Waals surface area contributed by atoms with Crippen LogP contribution < -0.4 is 5.32 Å². The van der Waals surface area contributed by atoms with Crippen LogP contribution in [0.4, 0.5) is 0 Å². The van der Waals surface area contributed by atoms with Gasteiger partial charge in [0.1, 0.15) is 0 Å². The topological polar surface area (TPSA) is 39.7 Å². The molecule has 1 aliphatic rings. The third-order valence-corrected chi connectivity index (χ3v) is 2.61. The molecule has 0 aliphatic carbocycles. The van der Waals surface area contributed by atoms with E-state index in [4.69, 9.17) is 14.2 Å². The van der Waals surface area contributed by atoms with Crippen molar-refractivity contribution in [2.24, 2.45) is 0 Å². The van der Waals surface area contributed by atoms with Gasteiger partial charge >= 0.3 is 0 Å². The van der Waals surface area contributed by atoms with Crippen LogP contribution in [0.2, 0.25) is 0 Å². The van der Waals surface area contributed by atoms with Crippen LogP contribution in [0.15, 0.2) is 11.8 Å². The van der Waals surface area contributed by atoms with Crippen LogP contribution in [0.5, 0.6) is 0 Å². The zero-order valence-corrected chi connectivity index (χ0v) is 10.5. The quantitative estimate of drug-likeness (QED) is 0.674. The highest BCUT2D eigenvalue weighted by Gasteiger charge is 2.25. The third kappa shape index (κ3) is 3.77. The Labute approximate surface area is 97.9 Å². The SMILES string of the molecule is CCOC(OCC)C(NC)C1=COCCC1. The van der Waals surface area contributed by atoms with E-state index in [9.17, 15) is 0 Å². The van der Waals surface area contributed by atoms with Gasteiger partial charge in [0.05, 0.1) is 18.9 Å².